The molecule has 1 fully saturated rings. The summed E-state index contributed by atoms with van der Waals surface area (Å²) in [6.45, 7) is 4.95. The lowest BCUT2D eigenvalue weighted by Gasteiger charge is -2.41. The van der Waals surface area contributed by atoms with Crippen molar-refractivity contribution in [2.45, 2.75) is 58.0 Å². The smallest absolute Gasteiger partial charge is 0.131 e. The molecule has 1 saturated carbocycles. The standard InChI is InChI=1S/C12H23NO2/c1-10(9-11(2)15)13(7-4-8-14)12-5-3-6-12/h10,12,14H,3-9H2,1-2H3. The fourth-order valence-electron chi connectivity index (χ4n) is 2.27. The Morgan fingerprint density at radius 1 is 1.53 bits per heavy atom. The molecule has 0 aromatic carbocycles. The van der Waals surface area contributed by atoms with Crippen molar-refractivity contribution < 1.29 is 9.90 Å². The summed E-state index contributed by atoms with van der Waals surface area (Å²) in [6, 6.07) is 0.991. The molecule has 88 valence electrons. The van der Waals surface area contributed by atoms with Gasteiger partial charge in [-0.15, -0.1) is 0 Å². The molecule has 15 heavy (non-hydrogen) atoms. The number of aliphatic hydroxyl groups excluding tert-OH is 1. The van der Waals surface area contributed by atoms with Crippen LogP contribution in [0.1, 0.15) is 46.0 Å². The number of hydrogen-bond donors (Lipinski definition) is 1. The molecule has 1 aliphatic rings. The van der Waals surface area contributed by atoms with Gasteiger partial charge >= 0.3 is 0 Å². The maximum atomic E-state index is 11.1. The Hall–Kier alpha value is -0.410. The minimum absolute atomic E-state index is 0.246. The summed E-state index contributed by atoms with van der Waals surface area (Å²) in [4.78, 5) is 13.5. The predicted molar refractivity (Wildman–Crippen MR) is 60.8 cm³/mol. The molecular weight excluding hydrogens is 190 g/mol. The molecule has 0 amide bonds. The van der Waals surface area contributed by atoms with Gasteiger partial charge in [0.05, 0.1) is 0 Å². The zero-order valence-electron chi connectivity index (χ0n) is 9.91. The molecule has 0 heterocycles. The molecule has 0 spiro atoms. The van der Waals surface area contributed by atoms with Crippen molar-refractivity contribution in [1.82, 2.24) is 4.90 Å². The molecule has 1 unspecified atom stereocenters. The van der Waals surface area contributed by atoms with Crippen molar-refractivity contribution in [3.05, 3.63) is 0 Å². The molecule has 1 N–H and O–H groups in total. The summed E-state index contributed by atoms with van der Waals surface area (Å²) >= 11 is 0. The first kappa shape index (κ1) is 12.7. The van der Waals surface area contributed by atoms with E-state index >= 15 is 0 Å². The first-order chi connectivity index (χ1) is 7.15. The monoisotopic (exact) mass is 213 g/mol. The van der Waals surface area contributed by atoms with Gasteiger partial charge in [0.2, 0.25) is 0 Å². The zero-order valence-corrected chi connectivity index (χ0v) is 9.91. The highest BCUT2D eigenvalue weighted by Gasteiger charge is 2.28. The second-order valence-corrected chi connectivity index (χ2v) is 4.65. The quantitative estimate of drug-likeness (QED) is 0.698. The molecule has 0 aliphatic heterocycles. The van der Waals surface area contributed by atoms with E-state index in [2.05, 4.69) is 11.8 Å². The van der Waals surface area contributed by atoms with Gasteiger partial charge in [0.1, 0.15) is 5.78 Å². The average molecular weight is 213 g/mol. The Labute approximate surface area is 92.5 Å². The van der Waals surface area contributed by atoms with E-state index in [9.17, 15) is 4.79 Å². The average Bonchev–Trinajstić information content (AvgIpc) is 2.07. The summed E-state index contributed by atoms with van der Waals surface area (Å²) in [7, 11) is 0. The van der Waals surface area contributed by atoms with Crippen molar-refractivity contribution in [3.8, 4) is 0 Å². The maximum absolute atomic E-state index is 11.1. The van der Waals surface area contributed by atoms with Gasteiger partial charge in [-0.3, -0.25) is 9.69 Å². The van der Waals surface area contributed by atoms with Gasteiger partial charge in [-0.2, -0.15) is 0 Å². The third kappa shape index (κ3) is 3.92. The first-order valence-corrected chi connectivity index (χ1v) is 6.01. The van der Waals surface area contributed by atoms with Crippen molar-refractivity contribution >= 4 is 5.78 Å². The van der Waals surface area contributed by atoms with E-state index in [1.165, 1.54) is 19.3 Å². The van der Waals surface area contributed by atoms with Crippen LogP contribution in [0.5, 0.6) is 0 Å². The normalized spacial score (nSPS) is 18.9. The maximum Gasteiger partial charge on any atom is 0.131 e. The van der Waals surface area contributed by atoms with Crippen LogP contribution in [-0.2, 0) is 4.79 Å². The van der Waals surface area contributed by atoms with Crippen LogP contribution in [0.15, 0.2) is 0 Å². The predicted octanol–water partition coefficient (Wildman–Crippen LogP) is 1.59. The molecule has 3 nitrogen and oxygen atoms in total. The van der Waals surface area contributed by atoms with E-state index in [-0.39, 0.29) is 12.4 Å². The van der Waals surface area contributed by atoms with Gasteiger partial charge in [-0.05, 0) is 33.1 Å². The molecule has 1 aliphatic carbocycles. The van der Waals surface area contributed by atoms with Crippen LogP contribution in [0.4, 0.5) is 0 Å². The molecule has 1 rings (SSSR count). The molecule has 0 aromatic heterocycles. The highest BCUT2D eigenvalue weighted by Crippen LogP contribution is 2.27. The Morgan fingerprint density at radius 2 is 2.20 bits per heavy atom. The summed E-state index contributed by atoms with van der Waals surface area (Å²) in [5.41, 5.74) is 0. The Bertz CT molecular complexity index is 202. The van der Waals surface area contributed by atoms with Gasteiger partial charge in [-0.25, -0.2) is 0 Å². The fraction of sp³-hybridized carbons (Fsp3) is 0.917. The van der Waals surface area contributed by atoms with E-state index in [4.69, 9.17) is 5.11 Å². The lowest BCUT2D eigenvalue weighted by Crippen LogP contribution is -2.46. The number of rotatable bonds is 7. The van der Waals surface area contributed by atoms with Crippen LogP contribution in [0, 0.1) is 0 Å². The number of aliphatic hydroxyl groups is 1. The highest BCUT2D eigenvalue weighted by atomic mass is 16.3. The SMILES string of the molecule is CC(=O)CC(C)N(CCCO)C1CCC1. The van der Waals surface area contributed by atoms with E-state index in [1.807, 2.05) is 0 Å². The first-order valence-electron chi connectivity index (χ1n) is 6.01. The third-order valence-corrected chi connectivity index (χ3v) is 3.27. The van der Waals surface area contributed by atoms with Crippen LogP contribution in [0.25, 0.3) is 0 Å². The molecule has 0 saturated heterocycles. The van der Waals surface area contributed by atoms with Crippen LogP contribution in [-0.4, -0.2) is 41.0 Å². The van der Waals surface area contributed by atoms with E-state index in [0.717, 1.165) is 13.0 Å². The zero-order chi connectivity index (χ0) is 11.3. The highest BCUT2D eigenvalue weighted by molar-refractivity contribution is 5.76. The number of Topliss-reactive ketones (excluding diaryl/α,β-unsaturated/α-hetero) is 1. The Kier molecular flexibility index (Phi) is 5.26. The van der Waals surface area contributed by atoms with Gasteiger partial charge in [0.25, 0.3) is 0 Å². The molecule has 3 heteroatoms. The lowest BCUT2D eigenvalue weighted by molar-refractivity contribution is -0.118. The molecule has 0 radical (unpaired) electrons. The second kappa shape index (κ2) is 6.23. The third-order valence-electron chi connectivity index (χ3n) is 3.27. The fourth-order valence-corrected chi connectivity index (χ4v) is 2.27. The van der Waals surface area contributed by atoms with Crippen molar-refractivity contribution in [1.29, 1.82) is 0 Å². The number of nitrogens with zero attached hydrogens (tertiary/aromatic N) is 1. The van der Waals surface area contributed by atoms with Crippen LogP contribution < -0.4 is 0 Å². The van der Waals surface area contributed by atoms with Gasteiger partial charge in [0, 0.05) is 31.7 Å². The summed E-state index contributed by atoms with van der Waals surface area (Å²) in [5.74, 6) is 0.260. The minimum Gasteiger partial charge on any atom is -0.396 e. The van der Waals surface area contributed by atoms with Crippen molar-refractivity contribution in [3.63, 3.8) is 0 Å². The van der Waals surface area contributed by atoms with Crippen LogP contribution in [0.2, 0.25) is 0 Å². The largest absolute Gasteiger partial charge is 0.396 e. The number of hydrogen-bond acceptors (Lipinski definition) is 3. The number of carbonyl (C=O) groups is 1. The molecule has 1 atom stereocenters. The number of ketones is 1. The van der Waals surface area contributed by atoms with E-state index in [0.29, 0.717) is 18.5 Å². The summed E-state index contributed by atoms with van der Waals surface area (Å²) in [6.07, 6.45) is 5.29. The topological polar surface area (TPSA) is 40.5 Å². The second-order valence-electron chi connectivity index (χ2n) is 4.65. The van der Waals surface area contributed by atoms with Crippen LogP contribution in [0.3, 0.4) is 0 Å². The van der Waals surface area contributed by atoms with Crippen LogP contribution >= 0.6 is 0 Å². The minimum atomic E-state index is 0.246. The molecule has 0 aromatic rings. The van der Waals surface area contributed by atoms with Gasteiger partial charge in [0.15, 0.2) is 0 Å². The van der Waals surface area contributed by atoms with Gasteiger partial charge < -0.3 is 5.11 Å². The van der Waals surface area contributed by atoms with E-state index < -0.39 is 0 Å². The van der Waals surface area contributed by atoms with Crippen molar-refractivity contribution in [2.24, 2.45) is 0 Å². The molecular formula is C12H23NO2. The van der Waals surface area contributed by atoms with E-state index in [1.54, 1.807) is 6.92 Å². The lowest BCUT2D eigenvalue weighted by atomic mass is 9.89. The van der Waals surface area contributed by atoms with Gasteiger partial charge in [-0.1, -0.05) is 6.42 Å². The van der Waals surface area contributed by atoms with Crippen molar-refractivity contribution in [2.75, 3.05) is 13.2 Å². The summed E-state index contributed by atoms with van der Waals surface area (Å²) < 4.78 is 0. The Morgan fingerprint density at radius 3 is 2.60 bits per heavy atom. The molecule has 0 bridgehead atoms. The Balaban J connectivity index is 2.42. The summed E-state index contributed by atoms with van der Waals surface area (Å²) in [5, 5.41) is 8.86. The number of carbonyl (C=O) groups excluding carboxylic acids is 1.